The maximum Gasteiger partial charge on any atom is 0.413 e. The largest absolute Gasteiger partial charge is 0.444 e. The number of anilines is 1. The summed E-state index contributed by atoms with van der Waals surface area (Å²) in [6, 6.07) is 4.16. The van der Waals surface area contributed by atoms with Gasteiger partial charge in [0.2, 0.25) is 11.0 Å². The predicted octanol–water partition coefficient (Wildman–Crippen LogP) is 6.73. The van der Waals surface area contributed by atoms with Gasteiger partial charge in [0.05, 0.1) is 4.92 Å². The summed E-state index contributed by atoms with van der Waals surface area (Å²) in [5.74, 6) is -0.549. The Bertz CT molecular complexity index is 1020. The van der Waals surface area contributed by atoms with Crippen LogP contribution in [0.1, 0.15) is 58.4 Å². The number of thioether (sulfide) groups is 1. The Morgan fingerprint density at radius 1 is 1.30 bits per heavy atom. The number of nitrogens with one attached hydrogen (secondary N) is 1. The molecule has 0 aliphatic heterocycles. The van der Waals surface area contributed by atoms with E-state index >= 15 is 0 Å². The Labute approximate surface area is 199 Å². The lowest BCUT2D eigenvalue weighted by atomic mass is 10.1. The number of benzene rings is 1. The molecule has 1 saturated carbocycles. The molecule has 0 unspecified atom stereocenters. The number of nitro groups is 1. The van der Waals surface area contributed by atoms with Gasteiger partial charge in [0, 0.05) is 5.75 Å². The van der Waals surface area contributed by atoms with Crippen LogP contribution in [0.2, 0.25) is 5.15 Å². The lowest BCUT2D eigenvalue weighted by Gasteiger charge is -2.19. The number of carbonyl (C=O) groups excluding carboxylic acids is 1. The van der Waals surface area contributed by atoms with Crippen LogP contribution in [-0.4, -0.2) is 32.3 Å². The second kappa shape index (κ2) is 11.6. The number of amides is 1. The third-order valence-electron chi connectivity index (χ3n) is 4.05. The number of ether oxygens (including phenoxy) is 1. The number of rotatable bonds is 6. The number of aromatic nitrogens is 2. The number of hydrogen-bond acceptors (Lipinski definition) is 7. The van der Waals surface area contributed by atoms with Gasteiger partial charge in [-0.05, 0) is 63.6 Å². The van der Waals surface area contributed by atoms with E-state index in [1.54, 1.807) is 26.8 Å². The maximum absolute atomic E-state index is 12.6. The van der Waals surface area contributed by atoms with Crippen molar-refractivity contribution in [3.05, 3.63) is 50.7 Å². The van der Waals surface area contributed by atoms with E-state index in [4.69, 9.17) is 16.3 Å². The molecule has 180 valence electrons. The fourth-order valence-electron chi connectivity index (χ4n) is 2.50. The van der Waals surface area contributed by atoms with Gasteiger partial charge in [-0.3, -0.25) is 15.4 Å². The Balaban J connectivity index is 0.000000288. The molecule has 1 aromatic carbocycles. The molecule has 2 aromatic rings. The molecule has 0 atom stereocenters. The van der Waals surface area contributed by atoms with Crippen molar-refractivity contribution in [1.29, 1.82) is 0 Å². The van der Waals surface area contributed by atoms with Crippen molar-refractivity contribution < 1.29 is 23.2 Å². The van der Waals surface area contributed by atoms with Crippen LogP contribution in [0.25, 0.3) is 0 Å². The highest BCUT2D eigenvalue weighted by Gasteiger charge is 2.27. The van der Waals surface area contributed by atoms with Gasteiger partial charge in [-0.2, -0.15) is 4.98 Å². The fraction of sp³-hybridized carbons (Fsp3) is 0.476. The zero-order valence-corrected chi connectivity index (χ0v) is 20.2. The van der Waals surface area contributed by atoms with E-state index < -0.39 is 33.9 Å². The number of nitrogens with zero attached hydrogens (tertiary/aromatic N) is 3. The lowest BCUT2D eigenvalue weighted by molar-refractivity contribution is -0.384. The Morgan fingerprint density at radius 3 is 2.48 bits per heavy atom. The molecule has 1 amide bonds. The van der Waals surface area contributed by atoms with E-state index in [-0.39, 0.29) is 16.1 Å². The minimum absolute atomic E-state index is 0.253. The monoisotopic (exact) mass is 502 g/mol. The molecule has 1 aliphatic rings. The SMILES string of the molecule is CCCSc1nc(Cl)c([N+](=O)[O-])c(NC(=O)OC(C)(C)C)n1.Fc1ccc(C2CC2)cc1F. The summed E-state index contributed by atoms with van der Waals surface area (Å²) < 4.78 is 30.1. The molecule has 1 aliphatic carbocycles. The molecule has 1 N–H and O–H groups in total. The van der Waals surface area contributed by atoms with Crippen LogP contribution in [0, 0.1) is 21.7 Å². The van der Waals surface area contributed by atoms with Crippen LogP contribution >= 0.6 is 23.4 Å². The van der Waals surface area contributed by atoms with Crippen molar-refractivity contribution in [2.24, 2.45) is 0 Å². The molecule has 12 heteroatoms. The Kier molecular flexibility index (Phi) is 9.35. The highest BCUT2D eigenvalue weighted by molar-refractivity contribution is 7.99. The topological polar surface area (TPSA) is 107 Å². The van der Waals surface area contributed by atoms with Gasteiger partial charge >= 0.3 is 11.8 Å². The second-order valence-corrected chi connectivity index (χ2v) is 9.59. The molecular weight excluding hydrogens is 478 g/mol. The summed E-state index contributed by atoms with van der Waals surface area (Å²) in [5, 5.41) is 13.3. The van der Waals surface area contributed by atoms with Gasteiger partial charge in [-0.25, -0.2) is 18.6 Å². The van der Waals surface area contributed by atoms with Crippen LogP contribution in [0.5, 0.6) is 0 Å². The average Bonchev–Trinajstić information content (AvgIpc) is 3.52. The van der Waals surface area contributed by atoms with Crippen LogP contribution in [0.3, 0.4) is 0 Å². The van der Waals surface area contributed by atoms with Crippen LogP contribution in [-0.2, 0) is 4.74 Å². The zero-order valence-electron chi connectivity index (χ0n) is 18.7. The third-order valence-corrected chi connectivity index (χ3v) is 5.37. The smallest absolute Gasteiger partial charge is 0.413 e. The standard InChI is InChI=1S/C12H17ClN4O4S.C9H8F2/c1-5-6-22-10-14-8(13)7(17(19)20)9(15-10)16-11(18)21-12(2,3)4;10-8-4-3-7(5-9(8)11)6-1-2-6/h5-6H2,1-4H3,(H,14,15,16,18);3-6H,1-2H2. The predicted molar refractivity (Wildman–Crippen MR) is 123 cm³/mol. The quantitative estimate of drug-likeness (QED) is 0.153. The highest BCUT2D eigenvalue weighted by Crippen LogP contribution is 2.40. The molecule has 8 nitrogen and oxygen atoms in total. The van der Waals surface area contributed by atoms with E-state index in [1.165, 1.54) is 23.9 Å². The normalized spacial score (nSPS) is 13.1. The van der Waals surface area contributed by atoms with Gasteiger partial charge in [-0.15, -0.1) is 0 Å². The lowest BCUT2D eigenvalue weighted by Crippen LogP contribution is -2.27. The first-order chi connectivity index (χ1) is 15.4. The maximum atomic E-state index is 12.6. The summed E-state index contributed by atoms with van der Waals surface area (Å²) in [6.07, 6.45) is 2.25. The van der Waals surface area contributed by atoms with E-state index in [0.29, 0.717) is 5.92 Å². The molecule has 1 heterocycles. The van der Waals surface area contributed by atoms with Crippen molar-refractivity contribution in [3.8, 4) is 0 Å². The molecule has 33 heavy (non-hydrogen) atoms. The first-order valence-electron chi connectivity index (χ1n) is 10.2. The first kappa shape index (κ1) is 26.7. The van der Waals surface area contributed by atoms with Crippen LogP contribution in [0.15, 0.2) is 23.4 Å². The summed E-state index contributed by atoms with van der Waals surface area (Å²) in [4.78, 5) is 29.9. The fourth-order valence-corrected chi connectivity index (χ4v) is 3.49. The molecule has 0 saturated heterocycles. The van der Waals surface area contributed by atoms with Crippen molar-refractivity contribution in [3.63, 3.8) is 0 Å². The van der Waals surface area contributed by atoms with Gasteiger partial charge in [0.25, 0.3) is 0 Å². The highest BCUT2D eigenvalue weighted by atomic mass is 35.5. The van der Waals surface area contributed by atoms with Crippen molar-refractivity contribution >= 4 is 41.0 Å². The second-order valence-electron chi connectivity index (χ2n) is 8.17. The van der Waals surface area contributed by atoms with Crippen LogP contribution < -0.4 is 5.32 Å². The zero-order chi connectivity index (χ0) is 24.8. The van der Waals surface area contributed by atoms with Gasteiger partial charge in [0.1, 0.15) is 5.60 Å². The molecule has 3 rings (SSSR count). The first-order valence-corrected chi connectivity index (χ1v) is 11.6. The summed E-state index contributed by atoms with van der Waals surface area (Å²) in [6.45, 7) is 7.00. The summed E-state index contributed by atoms with van der Waals surface area (Å²) in [5.41, 5.74) is -0.368. The molecule has 0 radical (unpaired) electrons. The third kappa shape index (κ3) is 8.73. The van der Waals surface area contributed by atoms with Crippen LogP contribution in [0.4, 0.5) is 25.1 Å². The van der Waals surface area contributed by atoms with Crippen molar-refractivity contribution in [2.45, 2.75) is 63.6 Å². The van der Waals surface area contributed by atoms with Gasteiger partial charge in [0.15, 0.2) is 16.8 Å². The molecule has 1 fully saturated rings. The summed E-state index contributed by atoms with van der Waals surface area (Å²) >= 11 is 7.11. The van der Waals surface area contributed by atoms with E-state index in [2.05, 4.69) is 15.3 Å². The van der Waals surface area contributed by atoms with E-state index in [9.17, 15) is 23.7 Å². The van der Waals surface area contributed by atoms with E-state index in [0.717, 1.165) is 30.6 Å². The molecule has 1 aromatic heterocycles. The minimum Gasteiger partial charge on any atom is -0.444 e. The molecule has 0 spiro atoms. The van der Waals surface area contributed by atoms with Crippen molar-refractivity contribution in [2.75, 3.05) is 11.1 Å². The minimum atomic E-state index is -0.850. The number of carbonyl (C=O) groups is 1. The molecular formula is C21H25ClF2N4O4S. The van der Waals surface area contributed by atoms with E-state index in [1.807, 2.05) is 6.92 Å². The molecule has 0 bridgehead atoms. The Hall–Kier alpha value is -2.53. The van der Waals surface area contributed by atoms with Gasteiger partial charge < -0.3 is 4.74 Å². The number of halogens is 3. The summed E-state index contributed by atoms with van der Waals surface area (Å²) in [7, 11) is 0. The Morgan fingerprint density at radius 2 is 1.97 bits per heavy atom. The number of hydrogen-bond donors (Lipinski definition) is 1. The van der Waals surface area contributed by atoms with Crippen molar-refractivity contribution in [1.82, 2.24) is 9.97 Å². The average molecular weight is 503 g/mol. The van der Waals surface area contributed by atoms with Gasteiger partial charge in [-0.1, -0.05) is 36.4 Å².